The smallest absolute Gasteiger partial charge is 0.326 e. The Morgan fingerprint density at radius 1 is 1.41 bits per heavy atom. The van der Waals surface area contributed by atoms with E-state index in [2.05, 4.69) is 0 Å². The first-order valence-corrected chi connectivity index (χ1v) is 5.48. The third-order valence-electron chi connectivity index (χ3n) is 3.28. The summed E-state index contributed by atoms with van der Waals surface area (Å²) in [5.74, 6) is -1.00. The van der Waals surface area contributed by atoms with Gasteiger partial charge in [-0.3, -0.25) is 4.79 Å². The summed E-state index contributed by atoms with van der Waals surface area (Å²) in [6, 6.07) is 5.00. The van der Waals surface area contributed by atoms with Crippen molar-refractivity contribution in [1.29, 1.82) is 0 Å². The number of aliphatic carboxylic acids is 1. The minimum atomic E-state index is -1.00. The quantitative estimate of drug-likeness (QED) is 0.830. The van der Waals surface area contributed by atoms with E-state index in [1.807, 2.05) is 43.7 Å². The summed E-state index contributed by atoms with van der Waals surface area (Å²) in [5, 5.41) is 10.1. The number of para-hydroxylation sites is 1. The Kier molecular flexibility index (Phi) is 2.67. The number of hydrogen-bond donors (Lipinski definition) is 2. The molecule has 0 saturated carbocycles. The maximum atomic E-state index is 11.0. The van der Waals surface area contributed by atoms with Crippen molar-refractivity contribution in [3.8, 4) is 0 Å². The molecule has 0 radical (unpaired) electrons. The zero-order valence-corrected chi connectivity index (χ0v) is 10.2. The standard InChI is InChI=1S/C13H16N2O2/c1-7-5-4-6-9-8(2)12(10(14)13(16)17)15(3)11(7)9/h4-6,10H,14H2,1-3H3,(H,16,17). The van der Waals surface area contributed by atoms with Crippen molar-refractivity contribution in [2.45, 2.75) is 19.9 Å². The minimum Gasteiger partial charge on any atom is -0.480 e. The number of hydrogen-bond acceptors (Lipinski definition) is 2. The van der Waals surface area contributed by atoms with Crippen LogP contribution in [0.1, 0.15) is 22.9 Å². The number of carboxylic acid groups (broad SMARTS) is 1. The maximum absolute atomic E-state index is 11.0. The number of carbonyl (C=O) groups is 1. The third-order valence-corrected chi connectivity index (χ3v) is 3.28. The molecule has 1 heterocycles. The molecule has 0 saturated heterocycles. The van der Waals surface area contributed by atoms with Crippen LogP contribution in [-0.2, 0) is 11.8 Å². The van der Waals surface area contributed by atoms with E-state index in [4.69, 9.17) is 10.8 Å². The number of benzene rings is 1. The Balaban J connectivity index is 2.82. The monoisotopic (exact) mass is 232 g/mol. The highest BCUT2D eigenvalue weighted by atomic mass is 16.4. The van der Waals surface area contributed by atoms with Gasteiger partial charge in [0.1, 0.15) is 6.04 Å². The molecule has 17 heavy (non-hydrogen) atoms. The summed E-state index contributed by atoms with van der Waals surface area (Å²) in [7, 11) is 1.86. The molecule has 0 aliphatic carbocycles. The topological polar surface area (TPSA) is 68.2 Å². The van der Waals surface area contributed by atoms with Gasteiger partial charge in [0, 0.05) is 18.1 Å². The lowest BCUT2D eigenvalue weighted by molar-refractivity contribution is -0.138. The van der Waals surface area contributed by atoms with E-state index in [1.165, 1.54) is 0 Å². The second-order valence-electron chi connectivity index (χ2n) is 4.36. The first kappa shape index (κ1) is 11.7. The van der Waals surface area contributed by atoms with E-state index < -0.39 is 12.0 Å². The van der Waals surface area contributed by atoms with Crippen LogP contribution in [0.2, 0.25) is 0 Å². The van der Waals surface area contributed by atoms with Crippen molar-refractivity contribution in [2.24, 2.45) is 12.8 Å². The lowest BCUT2D eigenvalue weighted by atomic mass is 10.1. The van der Waals surface area contributed by atoms with Crippen LogP contribution in [0.5, 0.6) is 0 Å². The van der Waals surface area contributed by atoms with Crippen LogP contribution in [0.15, 0.2) is 18.2 Å². The molecule has 1 aromatic carbocycles. The van der Waals surface area contributed by atoms with Crippen molar-refractivity contribution >= 4 is 16.9 Å². The average Bonchev–Trinajstić information content (AvgIpc) is 2.52. The first-order chi connectivity index (χ1) is 7.95. The van der Waals surface area contributed by atoms with Gasteiger partial charge in [-0.15, -0.1) is 0 Å². The molecule has 0 bridgehead atoms. The van der Waals surface area contributed by atoms with Crippen molar-refractivity contribution in [3.63, 3.8) is 0 Å². The fourth-order valence-electron chi connectivity index (χ4n) is 2.48. The van der Waals surface area contributed by atoms with Gasteiger partial charge in [0.25, 0.3) is 0 Å². The second-order valence-corrected chi connectivity index (χ2v) is 4.36. The summed E-state index contributed by atoms with van der Waals surface area (Å²) in [4.78, 5) is 11.0. The minimum absolute atomic E-state index is 0.668. The Morgan fingerprint density at radius 3 is 2.59 bits per heavy atom. The molecule has 0 fully saturated rings. The molecule has 2 aromatic rings. The van der Waals surface area contributed by atoms with E-state index in [9.17, 15) is 4.79 Å². The van der Waals surface area contributed by atoms with Gasteiger partial charge in [0.05, 0.1) is 5.52 Å². The van der Waals surface area contributed by atoms with E-state index in [1.54, 1.807) is 0 Å². The second kappa shape index (κ2) is 3.89. The van der Waals surface area contributed by atoms with Gasteiger partial charge >= 0.3 is 5.97 Å². The summed E-state index contributed by atoms with van der Waals surface area (Å²) in [6.07, 6.45) is 0. The molecule has 0 aliphatic rings. The Hall–Kier alpha value is -1.81. The summed E-state index contributed by atoms with van der Waals surface area (Å²) >= 11 is 0. The number of aryl methyl sites for hydroxylation is 3. The molecule has 2 rings (SSSR count). The largest absolute Gasteiger partial charge is 0.480 e. The van der Waals surface area contributed by atoms with Crippen LogP contribution >= 0.6 is 0 Å². The van der Waals surface area contributed by atoms with Crippen LogP contribution in [-0.4, -0.2) is 15.6 Å². The Bertz CT molecular complexity index is 599. The van der Waals surface area contributed by atoms with Crippen molar-refractivity contribution < 1.29 is 9.90 Å². The highest BCUT2D eigenvalue weighted by Crippen LogP contribution is 2.29. The third kappa shape index (κ3) is 1.61. The van der Waals surface area contributed by atoms with Gasteiger partial charge < -0.3 is 15.4 Å². The van der Waals surface area contributed by atoms with Crippen LogP contribution in [0, 0.1) is 13.8 Å². The molecule has 0 spiro atoms. The van der Waals surface area contributed by atoms with Gasteiger partial charge in [0.15, 0.2) is 0 Å². The molecule has 0 aliphatic heterocycles. The molecule has 0 amide bonds. The summed E-state index contributed by atoms with van der Waals surface area (Å²) in [5.41, 5.74) is 9.52. The van der Waals surface area contributed by atoms with Gasteiger partial charge in [-0.25, -0.2) is 0 Å². The maximum Gasteiger partial charge on any atom is 0.326 e. The van der Waals surface area contributed by atoms with E-state index in [0.29, 0.717) is 5.69 Å². The molecule has 1 atom stereocenters. The summed E-state index contributed by atoms with van der Waals surface area (Å²) < 4.78 is 1.89. The van der Waals surface area contributed by atoms with Crippen LogP contribution < -0.4 is 5.73 Å². The van der Waals surface area contributed by atoms with E-state index in [-0.39, 0.29) is 0 Å². The number of nitrogens with zero attached hydrogens (tertiary/aromatic N) is 1. The van der Waals surface area contributed by atoms with Gasteiger partial charge in [0.2, 0.25) is 0 Å². The van der Waals surface area contributed by atoms with Crippen molar-refractivity contribution in [2.75, 3.05) is 0 Å². The lowest BCUT2D eigenvalue weighted by Gasteiger charge is -2.10. The van der Waals surface area contributed by atoms with Crippen LogP contribution in [0.25, 0.3) is 10.9 Å². The number of rotatable bonds is 2. The van der Waals surface area contributed by atoms with Crippen molar-refractivity contribution in [3.05, 3.63) is 35.0 Å². The lowest BCUT2D eigenvalue weighted by Crippen LogP contribution is -2.23. The Morgan fingerprint density at radius 2 is 2.06 bits per heavy atom. The fraction of sp³-hybridized carbons (Fsp3) is 0.308. The molecule has 1 aromatic heterocycles. The van der Waals surface area contributed by atoms with E-state index in [0.717, 1.165) is 22.0 Å². The highest BCUT2D eigenvalue weighted by molar-refractivity contribution is 5.90. The fourth-order valence-corrected chi connectivity index (χ4v) is 2.48. The zero-order chi connectivity index (χ0) is 12.7. The van der Waals surface area contributed by atoms with Gasteiger partial charge in [-0.05, 0) is 25.0 Å². The number of aromatic nitrogens is 1. The molecule has 4 heteroatoms. The normalized spacial score (nSPS) is 12.9. The SMILES string of the molecule is Cc1c(C(N)C(=O)O)n(C)c2c(C)cccc12. The average molecular weight is 232 g/mol. The zero-order valence-electron chi connectivity index (χ0n) is 10.2. The molecule has 90 valence electrons. The molecule has 3 N–H and O–H groups in total. The van der Waals surface area contributed by atoms with Gasteiger partial charge in [-0.2, -0.15) is 0 Å². The van der Waals surface area contributed by atoms with E-state index >= 15 is 0 Å². The van der Waals surface area contributed by atoms with Crippen LogP contribution in [0.3, 0.4) is 0 Å². The molecular weight excluding hydrogens is 216 g/mol. The number of fused-ring (bicyclic) bond motifs is 1. The van der Waals surface area contributed by atoms with Gasteiger partial charge in [-0.1, -0.05) is 18.2 Å². The number of carboxylic acids is 1. The van der Waals surface area contributed by atoms with Crippen LogP contribution in [0.4, 0.5) is 0 Å². The first-order valence-electron chi connectivity index (χ1n) is 5.48. The molecule has 1 unspecified atom stereocenters. The predicted octanol–water partition coefficient (Wildman–Crippen LogP) is 1.88. The number of nitrogens with two attached hydrogens (primary N) is 1. The Labute approximate surface area is 99.7 Å². The predicted molar refractivity (Wildman–Crippen MR) is 67.0 cm³/mol. The molecule has 4 nitrogen and oxygen atoms in total. The van der Waals surface area contributed by atoms with Crippen molar-refractivity contribution in [1.82, 2.24) is 4.57 Å². The highest BCUT2D eigenvalue weighted by Gasteiger charge is 2.23. The molecular formula is C13H16N2O2. The summed E-state index contributed by atoms with van der Waals surface area (Å²) in [6.45, 7) is 3.93.